The van der Waals surface area contributed by atoms with Crippen LogP contribution in [0.4, 0.5) is 11.4 Å². The van der Waals surface area contributed by atoms with Gasteiger partial charge in [0.2, 0.25) is 0 Å². The topological polar surface area (TPSA) is 89.4 Å². The third-order valence-electron chi connectivity index (χ3n) is 5.65. The second-order valence-electron chi connectivity index (χ2n) is 8.42. The molecule has 0 bridgehead atoms. The van der Waals surface area contributed by atoms with E-state index in [9.17, 15) is 9.59 Å². The summed E-state index contributed by atoms with van der Waals surface area (Å²) in [4.78, 5) is 31.7. The molecule has 0 atom stereocenters. The van der Waals surface area contributed by atoms with Crippen LogP contribution >= 0.6 is 0 Å². The number of carbonyl (C=O) groups excluding carboxylic acids is 2. The normalized spacial score (nSPS) is 13.7. The van der Waals surface area contributed by atoms with Crippen molar-refractivity contribution in [2.24, 2.45) is 0 Å². The van der Waals surface area contributed by atoms with Gasteiger partial charge in [-0.1, -0.05) is 19.9 Å². The minimum atomic E-state index is -0.587. The zero-order valence-electron chi connectivity index (χ0n) is 19.0. The number of hydrogen-bond acceptors (Lipinski definition) is 6. The average Bonchev–Trinajstić information content (AvgIpc) is 3.30. The molecule has 33 heavy (non-hydrogen) atoms. The summed E-state index contributed by atoms with van der Waals surface area (Å²) in [6, 6.07) is 13.3. The van der Waals surface area contributed by atoms with Crippen LogP contribution in [0.1, 0.15) is 55.1 Å². The Balaban J connectivity index is 1.36. The van der Waals surface area contributed by atoms with Gasteiger partial charge in [-0.15, -0.1) is 0 Å². The van der Waals surface area contributed by atoms with Gasteiger partial charge in [-0.2, -0.15) is 5.10 Å². The van der Waals surface area contributed by atoms with Gasteiger partial charge in [0.15, 0.2) is 12.4 Å². The number of ether oxygens (including phenoxy) is 1. The summed E-state index contributed by atoms with van der Waals surface area (Å²) in [6.45, 7) is 5.69. The summed E-state index contributed by atoms with van der Waals surface area (Å²) in [7, 11) is 0. The van der Waals surface area contributed by atoms with Crippen LogP contribution in [0.3, 0.4) is 0 Å². The van der Waals surface area contributed by atoms with Gasteiger partial charge in [0.05, 0.1) is 11.9 Å². The number of nitrogens with one attached hydrogen (secondary N) is 1. The number of nitrogens with zero attached hydrogens (tertiary/aromatic N) is 4. The van der Waals surface area contributed by atoms with Crippen LogP contribution in [-0.4, -0.2) is 46.3 Å². The lowest BCUT2D eigenvalue weighted by Crippen LogP contribution is -2.29. The molecule has 0 unspecified atom stereocenters. The fourth-order valence-electron chi connectivity index (χ4n) is 4.05. The number of piperidine rings is 1. The Morgan fingerprint density at radius 1 is 1.06 bits per heavy atom. The van der Waals surface area contributed by atoms with E-state index in [-0.39, 0.29) is 12.5 Å². The molecule has 8 heteroatoms. The Bertz CT molecular complexity index is 1090. The smallest absolute Gasteiger partial charge is 0.342 e. The second-order valence-corrected chi connectivity index (χ2v) is 8.42. The van der Waals surface area contributed by atoms with Gasteiger partial charge in [0.1, 0.15) is 5.56 Å². The molecule has 0 radical (unpaired) electrons. The molecule has 1 aliphatic heterocycles. The summed E-state index contributed by atoms with van der Waals surface area (Å²) >= 11 is 0. The first-order valence-electron chi connectivity index (χ1n) is 11.3. The van der Waals surface area contributed by atoms with Gasteiger partial charge < -0.3 is 15.0 Å². The molecule has 3 heterocycles. The van der Waals surface area contributed by atoms with E-state index in [0.717, 1.165) is 18.8 Å². The highest BCUT2D eigenvalue weighted by atomic mass is 16.5. The van der Waals surface area contributed by atoms with Gasteiger partial charge in [0.25, 0.3) is 5.91 Å². The maximum atomic E-state index is 12.7. The number of hydrogen-bond donors (Lipinski definition) is 1. The molecule has 0 saturated carbocycles. The number of rotatable bonds is 7. The fraction of sp³-hybridized carbons (Fsp3) is 0.360. The first-order chi connectivity index (χ1) is 16.0. The SMILES string of the molecule is CC(C)c1c(C(=O)OCC(=O)Nc2ccc(N3CCCCC3)cc2)cnn1-c1ccccn1. The van der Waals surface area contributed by atoms with Gasteiger partial charge in [0, 0.05) is 30.7 Å². The van der Waals surface area contributed by atoms with Crippen molar-refractivity contribution in [3.05, 3.63) is 66.1 Å². The predicted octanol–water partition coefficient (Wildman–Crippen LogP) is 4.18. The first-order valence-corrected chi connectivity index (χ1v) is 11.3. The van der Waals surface area contributed by atoms with Crippen LogP contribution in [0, 0.1) is 0 Å². The number of amides is 1. The van der Waals surface area contributed by atoms with E-state index in [1.54, 1.807) is 10.9 Å². The molecule has 1 amide bonds. The lowest BCUT2D eigenvalue weighted by atomic mass is 10.1. The molecule has 1 N–H and O–H groups in total. The highest BCUT2D eigenvalue weighted by Gasteiger charge is 2.23. The molecule has 8 nitrogen and oxygen atoms in total. The molecule has 1 aliphatic rings. The third kappa shape index (κ3) is 5.39. The van der Waals surface area contributed by atoms with E-state index < -0.39 is 11.9 Å². The molecule has 2 aromatic heterocycles. The standard InChI is InChI=1S/C25H29N5O3/c1-18(2)24-21(16-27-30(24)22-8-4-5-13-26-22)25(32)33-17-23(31)28-19-9-11-20(12-10-19)29-14-6-3-7-15-29/h4-5,8-13,16,18H,3,6-7,14-15,17H2,1-2H3,(H,28,31). The van der Waals surface area contributed by atoms with Crippen molar-refractivity contribution < 1.29 is 14.3 Å². The molecular formula is C25H29N5O3. The van der Waals surface area contributed by atoms with Gasteiger partial charge in [-0.3, -0.25) is 4.79 Å². The van der Waals surface area contributed by atoms with Crippen LogP contribution in [0.5, 0.6) is 0 Å². The van der Waals surface area contributed by atoms with Crippen LogP contribution in [0.25, 0.3) is 5.82 Å². The molecule has 172 valence electrons. The Kier molecular flexibility index (Phi) is 7.02. The second kappa shape index (κ2) is 10.3. The molecular weight excluding hydrogens is 418 g/mol. The third-order valence-corrected chi connectivity index (χ3v) is 5.65. The molecule has 3 aromatic rings. The van der Waals surface area contributed by atoms with E-state index in [0.29, 0.717) is 22.8 Å². The van der Waals surface area contributed by atoms with E-state index in [1.807, 2.05) is 56.3 Å². The summed E-state index contributed by atoms with van der Waals surface area (Å²) in [5.41, 5.74) is 2.84. The van der Waals surface area contributed by atoms with Crippen molar-refractivity contribution >= 4 is 23.3 Å². The van der Waals surface area contributed by atoms with Crippen molar-refractivity contribution in [1.82, 2.24) is 14.8 Å². The Morgan fingerprint density at radius 2 is 1.82 bits per heavy atom. The minimum absolute atomic E-state index is 0.00398. The summed E-state index contributed by atoms with van der Waals surface area (Å²) in [5.74, 6) is -0.357. The lowest BCUT2D eigenvalue weighted by molar-refractivity contribution is -0.119. The number of esters is 1. The number of pyridine rings is 1. The summed E-state index contributed by atoms with van der Waals surface area (Å²) < 4.78 is 6.92. The predicted molar refractivity (Wildman–Crippen MR) is 127 cm³/mol. The maximum Gasteiger partial charge on any atom is 0.342 e. The van der Waals surface area contributed by atoms with Crippen molar-refractivity contribution in [2.75, 3.05) is 29.9 Å². The Labute approximate surface area is 193 Å². The number of aromatic nitrogens is 3. The van der Waals surface area contributed by atoms with Crippen molar-refractivity contribution in [1.29, 1.82) is 0 Å². The number of carbonyl (C=O) groups is 2. The van der Waals surface area contributed by atoms with E-state index in [2.05, 4.69) is 20.3 Å². The van der Waals surface area contributed by atoms with Crippen LogP contribution in [0.15, 0.2) is 54.9 Å². The zero-order chi connectivity index (χ0) is 23.2. The van der Waals surface area contributed by atoms with Crippen molar-refractivity contribution in [3.63, 3.8) is 0 Å². The molecule has 1 saturated heterocycles. The van der Waals surface area contributed by atoms with Gasteiger partial charge >= 0.3 is 5.97 Å². The van der Waals surface area contributed by atoms with Gasteiger partial charge in [-0.25, -0.2) is 14.5 Å². The molecule has 1 aromatic carbocycles. The quantitative estimate of drug-likeness (QED) is 0.547. The number of benzene rings is 1. The highest BCUT2D eigenvalue weighted by Crippen LogP contribution is 2.24. The molecule has 0 spiro atoms. The van der Waals surface area contributed by atoms with Crippen LogP contribution in [-0.2, 0) is 9.53 Å². The lowest BCUT2D eigenvalue weighted by Gasteiger charge is -2.28. The molecule has 1 fully saturated rings. The van der Waals surface area contributed by atoms with Crippen LogP contribution < -0.4 is 10.2 Å². The largest absolute Gasteiger partial charge is 0.452 e. The monoisotopic (exact) mass is 447 g/mol. The Hall–Kier alpha value is -3.68. The first kappa shape index (κ1) is 22.5. The molecule has 4 rings (SSSR count). The van der Waals surface area contributed by atoms with E-state index >= 15 is 0 Å². The summed E-state index contributed by atoms with van der Waals surface area (Å²) in [5, 5.41) is 7.10. The van der Waals surface area contributed by atoms with Crippen molar-refractivity contribution in [3.8, 4) is 5.82 Å². The molecule has 0 aliphatic carbocycles. The van der Waals surface area contributed by atoms with Gasteiger partial charge in [-0.05, 0) is 61.6 Å². The average molecular weight is 448 g/mol. The minimum Gasteiger partial charge on any atom is -0.452 e. The highest BCUT2D eigenvalue weighted by molar-refractivity contribution is 5.96. The zero-order valence-corrected chi connectivity index (χ0v) is 19.0. The Morgan fingerprint density at radius 3 is 2.48 bits per heavy atom. The van der Waals surface area contributed by atoms with Crippen molar-refractivity contribution in [2.45, 2.75) is 39.0 Å². The maximum absolute atomic E-state index is 12.7. The number of anilines is 2. The summed E-state index contributed by atoms with van der Waals surface area (Å²) in [6.07, 6.45) is 6.84. The van der Waals surface area contributed by atoms with Crippen LogP contribution in [0.2, 0.25) is 0 Å². The fourth-order valence-corrected chi connectivity index (χ4v) is 4.05. The van der Waals surface area contributed by atoms with E-state index in [4.69, 9.17) is 4.74 Å². The van der Waals surface area contributed by atoms with E-state index in [1.165, 1.54) is 25.5 Å².